The molecule has 0 bridgehead atoms. The van der Waals surface area contributed by atoms with Gasteiger partial charge < -0.3 is 0 Å². The Morgan fingerprint density at radius 3 is 2.22 bits per heavy atom. The number of unbranched alkanes of at least 4 members (excludes halogenated alkanes) is 7. The van der Waals surface area contributed by atoms with E-state index in [9.17, 15) is 4.79 Å². The van der Waals surface area contributed by atoms with E-state index >= 15 is 0 Å². The van der Waals surface area contributed by atoms with Crippen molar-refractivity contribution in [3.8, 4) is 0 Å². The maximum absolute atomic E-state index is 11.8. The highest BCUT2D eigenvalue weighted by atomic mass is 32.2. The highest BCUT2D eigenvalue weighted by molar-refractivity contribution is 8.13. The molecule has 2 heteroatoms. The van der Waals surface area contributed by atoms with Gasteiger partial charge in [0.1, 0.15) is 0 Å². The maximum atomic E-state index is 11.8. The lowest BCUT2D eigenvalue weighted by molar-refractivity contribution is -0.111. The van der Waals surface area contributed by atoms with Crippen LogP contribution in [0.25, 0.3) is 0 Å². The fourth-order valence-electron chi connectivity index (χ4n) is 2.52. The van der Waals surface area contributed by atoms with E-state index in [4.69, 9.17) is 0 Å². The van der Waals surface area contributed by atoms with Gasteiger partial charge in [0.2, 0.25) is 0 Å². The minimum atomic E-state index is 0.388. The van der Waals surface area contributed by atoms with Crippen LogP contribution in [0.15, 0.2) is 12.2 Å². The SMILES string of the molecule is CCCCC/C=C\CCSC(=O)CCCCCCCC(C)(C)C. The molecule has 0 heterocycles. The smallest absolute Gasteiger partial charge is 0.188 e. The van der Waals surface area contributed by atoms with E-state index < -0.39 is 0 Å². The molecule has 1 nitrogen and oxygen atoms in total. The molecule has 0 rings (SSSR count). The maximum Gasteiger partial charge on any atom is 0.188 e. The van der Waals surface area contributed by atoms with Gasteiger partial charge in [-0.25, -0.2) is 0 Å². The van der Waals surface area contributed by atoms with E-state index in [0.717, 1.165) is 25.0 Å². The van der Waals surface area contributed by atoms with Gasteiger partial charge in [0.15, 0.2) is 5.12 Å². The van der Waals surface area contributed by atoms with Crippen LogP contribution >= 0.6 is 11.8 Å². The van der Waals surface area contributed by atoms with Gasteiger partial charge in [-0.1, -0.05) is 90.1 Å². The Bertz CT molecular complexity index is 301. The fourth-order valence-corrected chi connectivity index (χ4v) is 3.29. The molecule has 0 aliphatic heterocycles. The third-order valence-electron chi connectivity index (χ3n) is 4.00. The van der Waals surface area contributed by atoms with Crippen LogP contribution in [0, 0.1) is 5.41 Å². The lowest BCUT2D eigenvalue weighted by Crippen LogP contribution is -2.03. The molecule has 23 heavy (non-hydrogen) atoms. The zero-order chi connectivity index (χ0) is 17.4. The van der Waals surface area contributed by atoms with Crippen molar-refractivity contribution in [1.82, 2.24) is 0 Å². The molecule has 0 radical (unpaired) electrons. The number of hydrogen-bond donors (Lipinski definition) is 0. The molecular formula is C21H40OS. The summed E-state index contributed by atoms with van der Waals surface area (Å²) in [6.45, 7) is 9.16. The fraction of sp³-hybridized carbons (Fsp3) is 0.857. The molecule has 0 fully saturated rings. The molecule has 0 atom stereocenters. The number of carbonyl (C=O) groups excluding carboxylic acids is 1. The molecule has 0 aliphatic carbocycles. The van der Waals surface area contributed by atoms with Gasteiger partial charge in [-0.15, -0.1) is 0 Å². The zero-order valence-electron chi connectivity index (χ0n) is 16.2. The van der Waals surface area contributed by atoms with Gasteiger partial charge in [-0.2, -0.15) is 0 Å². The van der Waals surface area contributed by atoms with Crippen molar-refractivity contribution in [3.63, 3.8) is 0 Å². The zero-order valence-corrected chi connectivity index (χ0v) is 17.0. The minimum absolute atomic E-state index is 0.388. The first-order chi connectivity index (χ1) is 11.0. The average molecular weight is 341 g/mol. The first-order valence-electron chi connectivity index (χ1n) is 9.76. The van der Waals surface area contributed by atoms with E-state index in [0.29, 0.717) is 10.5 Å². The topological polar surface area (TPSA) is 17.1 Å². The standard InChI is InChI=1S/C21H40OS/c1-5-6-7-8-9-13-16-19-23-20(22)17-14-11-10-12-15-18-21(2,3)4/h9,13H,5-8,10-12,14-19H2,1-4H3/b13-9-. The van der Waals surface area contributed by atoms with Crippen LogP contribution in [0.1, 0.15) is 105 Å². The predicted octanol–water partition coefficient (Wildman–Crippen LogP) is 7.55. The molecular weight excluding hydrogens is 300 g/mol. The first-order valence-corrected chi connectivity index (χ1v) is 10.7. The van der Waals surface area contributed by atoms with Crippen molar-refractivity contribution in [3.05, 3.63) is 12.2 Å². The van der Waals surface area contributed by atoms with E-state index in [2.05, 4.69) is 39.8 Å². The first kappa shape index (κ1) is 22.8. The van der Waals surface area contributed by atoms with Crippen LogP contribution in [0.2, 0.25) is 0 Å². The summed E-state index contributed by atoms with van der Waals surface area (Å²) in [5.41, 5.74) is 0.469. The third kappa shape index (κ3) is 19.7. The van der Waals surface area contributed by atoms with Crippen molar-refractivity contribution < 1.29 is 4.79 Å². The summed E-state index contributed by atoms with van der Waals surface area (Å²) in [7, 11) is 0. The molecule has 0 saturated heterocycles. The van der Waals surface area contributed by atoms with Crippen molar-refractivity contribution in [2.24, 2.45) is 5.41 Å². The quantitative estimate of drug-likeness (QED) is 0.240. The van der Waals surface area contributed by atoms with Gasteiger partial charge >= 0.3 is 0 Å². The van der Waals surface area contributed by atoms with Crippen molar-refractivity contribution in [1.29, 1.82) is 0 Å². The summed E-state index contributed by atoms with van der Waals surface area (Å²) in [5, 5.41) is 0.388. The largest absolute Gasteiger partial charge is 0.287 e. The Morgan fingerprint density at radius 1 is 0.870 bits per heavy atom. The van der Waals surface area contributed by atoms with Gasteiger partial charge in [0.05, 0.1) is 0 Å². The molecule has 0 saturated carbocycles. The number of rotatable bonds is 14. The summed E-state index contributed by atoms with van der Waals surface area (Å²) in [6.07, 6.45) is 19.0. The number of hydrogen-bond acceptors (Lipinski definition) is 2. The second-order valence-corrected chi connectivity index (χ2v) is 8.96. The normalized spacial score (nSPS) is 12.2. The predicted molar refractivity (Wildman–Crippen MR) is 107 cm³/mol. The van der Waals surface area contributed by atoms with E-state index in [1.165, 1.54) is 69.5 Å². The Hall–Kier alpha value is -0.240. The highest BCUT2D eigenvalue weighted by Crippen LogP contribution is 2.22. The third-order valence-corrected chi connectivity index (χ3v) is 4.96. The average Bonchev–Trinajstić information content (AvgIpc) is 2.48. The molecule has 0 N–H and O–H groups in total. The number of carbonyl (C=O) groups is 1. The summed E-state index contributed by atoms with van der Waals surface area (Å²) in [6, 6.07) is 0. The van der Waals surface area contributed by atoms with Gasteiger partial charge in [-0.3, -0.25) is 4.79 Å². The summed E-state index contributed by atoms with van der Waals surface area (Å²) in [5.74, 6) is 0.953. The van der Waals surface area contributed by atoms with Crippen molar-refractivity contribution in [2.45, 2.75) is 105 Å². The van der Waals surface area contributed by atoms with Gasteiger partial charge in [0, 0.05) is 12.2 Å². The van der Waals surface area contributed by atoms with Crippen LogP contribution in [-0.4, -0.2) is 10.9 Å². The Labute approximate surface area is 150 Å². The van der Waals surface area contributed by atoms with E-state index in [1.54, 1.807) is 0 Å². The van der Waals surface area contributed by atoms with Crippen LogP contribution < -0.4 is 0 Å². The number of thioether (sulfide) groups is 1. The molecule has 0 aromatic carbocycles. The van der Waals surface area contributed by atoms with Gasteiger partial charge in [0.25, 0.3) is 0 Å². The lowest BCUT2D eigenvalue weighted by Gasteiger charge is -2.17. The second kappa shape index (κ2) is 15.3. The van der Waals surface area contributed by atoms with Crippen LogP contribution in [0.3, 0.4) is 0 Å². The van der Waals surface area contributed by atoms with Crippen LogP contribution in [0.4, 0.5) is 0 Å². The molecule has 0 spiro atoms. The highest BCUT2D eigenvalue weighted by Gasteiger charge is 2.08. The van der Waals surface area contributed by atoms with Crippen LogP contribution in [0.5, 0.6) is 0 Å². The monoisotopic (exact) mass is 340 g/mol. The number of allylic oxidation sites excluding steroid dienone is 2. The summed E-state index contributed by atoms with van der Waals surface area (Å²) >= 11 is 1.53. The van der Waals surface area contributed by atoms with Crippen molar-refractivity contribution in [2.75, 3.05) is 5.75 Å². The molecule has 0 aromatic heterocycles. The summed E-state index contributed by atoms with van der Waals surface area (Å²) in [4.78, 5) is 11.8. The summed E-state index contributed by atoms with van der Waals surface area (Å²) < 4.78 is 0. The Kier molecular flexibility index (Phi) is 15.1. The molecule has 0 unspecified atom stereocenters. The van der Waals surface area contributed by atoms with E-state index in [-0.39, 0.29) is 0 Å². The Balaban J connectivity index is 3.31. The van der Waals surface area contributed by atoms with Gasteiger partial charge in [-0.05, 0) is 37.5 Å². The van der Waals surface area contributed by atoms with E-state index in [1.807, 2.05) is 0 Å². The molecule has 136 valence electrons. The molecule has 0 aromatic rings. The van der Waals surface area contributed by atoms with Crippen LogP contribution in [-0.2, 0) is 4.79 Å². The molecule has 0 aliphatic rings. The lowest BCUT2D eigenvalue weighted by atomic mass is 9.89. The second-order valence-electron chi connectivity index (χ2n) is 7.80. The van der Waals surface area contributed by atoms with Crippen molar-refractivity contribution >= 4 is 16.9 Å². The Morgan fingerprint density at radius 2 is 1.52 bits per heavy atom. The minimum Gasteiger partial charge on any atom is -0.287 e. The molecule has 0 amide bonds.